The van der Waals surface area contributed by atoms with Crippen molar-refractivity contribution in [1.29, 1.82) is 0 Å². The van der Waals surface area contributed by atoms with Gasteiger partial charge in [0.15, 0.2) is 0 Å². The van der Waals surface area contributed by atoms with Crippen molar-refractivity contribution in [2.45, 2.75) is 57.1 Å². The Labute approximate surface area is 116 Å². The van der Waals surface area contributed by atoms with E-state index in [2.05, 4.69) is 30.5 Å². The molecule has 0 radical (unpaired) electrons. The number of ketones is 1. The lowest BCUT2D eigenvalue weighted by Gasteiger charge is -2.25. The highest BCUT2D eigenvalue weighted by Crippen LogP contribution is 2.31. The molecule has 2 nitrogen and oxygen atoms in total. The minimum Gasteiger partial charge on any atom is -0.302 e. The molecule has 18 heavy (non-hydrogen) atoms. The highest BCUT2D eigenvalue weighted by Gasteiger charge is 2.27. The van der Waals surface area contributed by atoms with Crippen LogP contribution in [0.2, 0.25) is 0 Å². The molecule has 2 aliphatic rings. The van der Waals surface area contributed by atoms with Crippen LogP contribution in [0, 0.1) is 5.92 Å². The third-order valence-corrected chi connectivity index (χ3v) is 5.71. The summed E-state index contributed by atoms with van der Waals surface area (Å²) < 4.78 is 0.419. The Morgan fingerprint density at radius 2 is 2.11 bits per heavy atom. The fraction of sp³-hybridized carbons (Fsp3) is 0.933. The van der Waals surface area contributed by atoms with Crippen LogP contribution in [0.5, 0.6) is 0 Å². The van der Waals surface area contributed by atoms with Gasteiger partial charge in [0.05, 0.1) is 0 Å². The van der Waals surface area contributed by atoms with E-state index in [9.17, 15) is 4.79 Å². The van der Waals surface area contributed by atoms with Gasteiger partial charge < -0.3 is 4.90 Å². The minimum absolute atomic E-state index is 0.332. The van der Waals surface area contributed by atoms with Gasteiger partial charge in [-0.3, -0.25) is 4.79 Å². The summed E-state index contributed by atoms with van der Waals surface area (Å²) in [5, 5.41) is 0. The van der Waals surface area contributed by atoms with Crippen molar-refractivity contribution in [3.63, 3.8) is 0 Å². The second kappa shape index (κ2) is 6.42. The van der Waals surface area contributed by atoms with Crippen molar-refractivity contribution >= 4 is 17.5 Å². The maximum atomic E-state index is 12.1. The summed E-state index contributed by atoms with van der Waals surface area (Å²) in [6, 6.07) is 0. The first-order chi connectivity index (χ1) is 8.57. The van der Waals surface area contributed by atoms with Gasteiger partial charge in [0.2, 0.25) is 0 Å². The van der Waals surface area contributed by atoms with Gasteiger partial charge in [-0.2, -0.15) is 11.8 Å². The maximum Gasteiger partial charge on any atom is 0.137 e. The molecule has 1 saturated heterocycles. The summed E-state index contributed by atoms with van der Waals surface area (Å²) in [4.78, 5) is 14.6. The van der Waals surface area contributed by atoms with Crippen molar-refractivity contribution in [2.24, 2.45) is 5.92 Å². The van der Waals surface area contributed by atoms with Crippen molar-refractivity contribution in [3.05, 3.63) is 0 Å². The van der Waals surface area contributed by atoms with E-state index >= 15 is 0 Å². The Balaban J connectivity index is 1.86. The molecule has 1 heterocycles. The highest BCUT2D eigenvalue weighted by molar-refractivity contribution is 8.00. The summed E-state index contributed by atoms with van der Waals surface area (Å²) in [5.74, 6) is 2.08. The molecule has 2 fully saturated rings. The third-order valence-electron chi connectivity index (χ3n) is 4.34. The molecule has 1 unspecified atom stereocenters. The van der Waals surface area contributed by atoms with E-state index < -0.39 is 0 Å². The van der Waals surface area contributed by atoms with Crippen molar-refractivity contribution in [2.75, 3.05) is 25.4 Å². The SMILES string of the molecule is CC1(C)CCN(CC2CCCCCC2=O)CCS1. The van der Waals surface area contributed by atoms with Gasteiger partial charge in [-0.05, 0) is 25.8 Å². The van der Waals surface area contributed by atoms with E-state index in [1.807, 2.05) is 0 Å². The van der Waals surface area contributed by atoms with Crippen LogP contribution in [-0.2, 0) is 4.79 Å². The lowest BCUT2D eigenvalue weighted by atomic mass is 9.98. The Kier molecular flexibility index (Phi) is 5.14. The minimum atomic E-state index is 0.332. The normalized spacial score (nSPS) is 30.8. The number of Topliss-reactive ketones (excluding diaryl/α,β-unsaturated/α-hetero) is 1. The lowest BCUT2D eigenvalue weighted by molar-refractivity contribution is -0.123. The molecule has 2 rings (SSSR count). The van der Waals surface area contributed by atoms with E-state index in [0.717, 1.165) is 32.4 Å². The maximum absolute atomic E-state index is 12.1. The van der Waals surface area contributed by atoms with E-state index in [4.69, 9.17) is 0 Å². The van der Waals surface area contributed by atoms with Crippen LogP contribution >= 0.6 is 11.8 Å². The molecule has 0 bridgehead atoms. The van der Waals surface area contributed by atoms with Crippen molar-refractivity contribution in [3.8, 4) is 0 Å². The highest BCUT2D eigenvalue weighted by atomic mass is 32.2. The number of carbonyl (C=O) groups is 1. The first-order valence-electron chi connectivity index (χ1n) is 7.46. The Bertz CT molecular complexity index is 290. The van der Waals surface area contributed by atoms with Crippen LogP contribution in [0.4, 0.5) is 0 Å². The van der Waals surface area contributed by atoms with Crippen LogP contribution in [0.3, 0.4) is 0 Å². The molecule has 0 N–H and O–H groups in total. The van der Waals surface area contributed by atoms with Gasteiger partial charge in [-0.25, -0.2) is 0 Å². The molecule has 0 spiro atoms. The largest absolute Gasteiger partial charge is 0.302 e. The molecule has 1 saturated carbocycles. The quantitative estimate of drug-likeness (QED) is 0.717. The molecule has 104 valence electrons. The van der Waals surface area contributed by atoms with Gasteiger partial charge in [0.25, 0.3) is 0 Å². The second-order valence-electron chi connectivity index (χ2n) is 6.42. The molecule has 1 atom stereocenters. The predicted octanol–water partition coefficient (Wildman–Crippen LogP) is 3.35. The third kappa shape index (κ3) is 4.27. The van der Waals surface area contributed by atoms with E-state index in [1.165, 1.54) is 31.6 Å². The zero-order valence-electron chi connectivity index (χ0n) is 11.9. The molecule has 0 aromatic carbocycles. The van der Waals surface area contributed by atoms with Crippen molar-refractivity contribution < 1.29 is 4.79 Å². The van der Waals surface area contributed by atoms with Gasteiger partial charge in [0.1, 0.15) is 5.78 Å². The zero-order valence-corrected chi connectivity index (χ0v) is 12.7. The van der Waals surface area contributed by atoms with Gasteiger partial charge in [0, 0.05) is 35.9 Å². The summed E-state index contributed by atoms with van der Waals surface area (Å²) in [6.45, 7) is 8.05. The number of rotatable bonds is 2. The molecular weight excluding hydrogens is 242 g/mol. The fourth-order valence-electron chi connectivity index (χ4n) is 2.98. The Morgan fingerprint density at radius 3 is 2.94 bits per heavy atom. The number of nitrogens with zero attached hydrogens (tertiary/aromatic N) is 1. The first-order valence-corrected chi connectivity index (χ1v) is 8.44. The van der Waals surface area contributed by atoms with Gasteiger partial charge in [-0.1, -0.05) is 26.7 Å². The topological polar surface area (TPSA) is 20.3 Å². The fourth-order valence-corrected chi connectivity index (χ4v) is 4.12. The van der Waals surface area contributed by atoms with Crippen LogP contribution in [0.1, 0.15) is 52.4 Å². The lowest BCUT2D eigenvalue weighted by Crippen LogP contribution is -2.35. The molecule has 1 aliphatic carbocycles. The van der Waals surface area contributed by atoms with Crippen LogP contribution in [0.15, 0.2) is 0 Å². The van der Waals surface area contributed by atoms with E-state index in [-0.39, 0.29) is 0 Å². The molecule has 0 aromatic rings. The number of hydrogen-bond donors (Lipinski definition) is 0. The summed E-state index contributed by atoms with van der Waals surface area (Å²) in [7, 11) is 0. The summed E-state index contributed by atoms with van der Waals surface area (Å²) >= 11 is 2.09. The van der Waals surface area contributed by atoms with Crippen LogP contribution in [0.25, 0.3) is 0 Å². The van der Waals surface area contributed by atoms with E-state index in [0.29, 0.717) is 16.4 Å². The molecule has 1 aliphatic heterocycles. The van der Waals surface area contributed by atoms with Crippen LogP contribution < -0.4 is 0 Å². The Morgan fingerprint density at radius 1 is 1.28 bits per heavy atom. The van der Waals surface area contributed by atoms with Gasteiger partial charge in [-0.15, -0.1) is 0 Å². The average molecular weight is 269 g/mol. The number of hydrogen-bond acceptors (Lipinski definition) is 3. The first kappa shape index (κ1) is 14.4. The molecule has 0 aromatic heterocycles. The average Bonchev–Trinajstić information content (AvgIpc) is 2.60. The smallest absolute Gasteiger partial charge is 0.137 e. The van der Waals surface area contributed by atoms with Crippen molar-refractivity contribution in [1.82, 2.24) is 4.90 Å². The predicted molar refractivity (Wildman–Crippen MR) is 79.2 cm³/mol. The standard InChI is InChI=1S/C15H27NOS/c1-15(2)8-9-16(10-11-18-15)12-13-6-4-3-5-7-14(13)17/h13H,3-12H2,1-2H3. The zero-order chi connectivity index (χ0) is 13.0. The van der Waals surface area contributed by atoms with Gasteiger partial charge >= 0.3 is 0 Å². The Hall–Kier alpha value is -0.0200. The molecular formula is C15H27NOS. The molecule has 3 heteroatoms. The van der Waals surface area contributed by atoms with Crippen LogP contribution in [-0.4, -0.2) is 40.8 Å². The monoisotopic (exact) mass is 269 g/mol. The second-order valence-corrected chi connectivity index (χ2v) is 8.22. The molecule has 0 amide bonds. The van der Waals surface area contributed by atoms with E-state index in [1.54, 1.807) is 0 Å². The number of thioether (sulfide) groups is 1. The summed E-state index contributed by atoms with van der Waals surface area (Å²) in [6.07, 6.45) is 6.84. The summed E-state index contributed by atoms with van der Waals surface area (Å²) in [5.41, 5.74) is 0. The number of carbonyl (C=O) groups excluding carboxylic acids is 1.